The number of aromatic nitrogens is 2. The third-order valence-corrected chi connectivity index (χ3v) is 4.64. The highest BCUT2D eigenvalue weighted by atomic mass is 35.5. The number of benzene rings is 2. The molecule has 0 unspecified atom stereocenters. The lowest BCUT2D eigenvalue weighted by molar-refractivity contribution is 0.262. The van der Waals surface area contributed by atoms with Crippen molar-refractivity contribution >= 4 is 39.8 Å². The minimum atomic E-state index is -0.410. The van der Waals surface area contributed by atoms with Crippen molar-refractivity contribution in [2.75, 3.05) is 10.6 Å². The molecule has 0 radical (unpaired) electrons. The lowest BCUT2D eigenvalue weighted by Gasteiger charge is -2.05. The summed E-state index contributed by atoms with van der Waals surface area (Å²) in [5, 5.41) is 14.9. The molecule has 1 heterocycles. The molecule has 140 valence electrons. The molecule has 3 rings (SSSR count). The Kier molecular flexibility index (Phi) is 6.62. The van der Waals surface area contributed by atoms with Gasteiger partial charge in [0.2, 0.25) is 5.13 Å². The van der Waals surface area contributed by atoms with Gasteiger partial charge < -0.3 is 10.1 Å². The second-order valence-electron chi connectivity index (χ2n) is 5.77. The third kappa shape index (κ3) is 5.94. The Labute approximate surface area is 166 Å². The molecule has 6 nitrogen and oxygen atoms in total. The first-order valence-corrected chi connectivity index (χ1v) is 9.69. The van der Waals surface area contributed by atoms with Gasteiger partial charge in [-0.3, -0.25) is 5.32 Å². The van der Waals surface area contributed by atoms with Crippen LogP contribution in [0.1, 0.15) is 23.9 Å². The van der Waals surface area contributed by atoms with E-state index in [1.54, 1.807) is 24.3 Å². The zero-order chi connectivity index (χ0) is 19.1. The molecule has 0 spiro atoms. The Bertz CT molecular complexity index is 899. The summed E-state index contributed by atoms with van der Waals surface area (Å²) in [4.78, 5) is 12.0. The summed E-state index contributed by atoms with van der Waals surface area (Å²) in [6, 6.07) is 14.5. The number of carbonyl (C=O) groups is 1. The SMILES string of the molecule is CCCc1ccc(OCc2nnc(NC(=O)Nc3cccc(Cl)c3)s2)cc1. The summed E-state index contributed by atoms with van der Waals surface area (Å²) in [7, 11) is 0. The van der Waals surface area contributed by atoms with Crippen LogP contribution in [-0.4, -0.2) is 16.2 Å². The predicted octanol–water partition coefficient (Wildman–Crippen LogP) is 5.37. The number of urea groups is 1. The number of aryl methyl sites for hydroxylation is 1. The summed E-state index contributed by atoms with van der Waals surface area (Å²) < 4.78 is 5.72. The van der Waals surface area contributed by atoms with Crippen LogP contribution in [0.2, 0.25) is 5.02 Å². The van der Waals surface area contributed by atoms with Gasteiger partial charge in [-0.1, -0.05) is 54.5 Å². The highest BCUT2D eigenvalue weighted by Gasteiger charge is 2.09. The Hall–Kier alpha value is -2.64. The first-order valence-electron chi connectivity index (χ1n) is 8.50. The zero-order valence-electron chi connectivity index (χ0n) is 14.7. The standard InChI is InChI=1S/C19H19ClN4O2S/c1-2-4-13-7-9-16(10-8-13)26-12-17-23-24-19(27-17)22-18(25)21-15-6-3-5-14(20)11-15/h3,5-11H,2,4,12H2,1H3,(H2,21,22,24,25). The molecule has 2 amide bonds. The fourth-order valence-electron chi connectivity index (χ4n) is 2.37. The van der Waals surface area contributed by atoms with Crippen LogP contribution in [-0.2, 0) is 13.0 Å². The summed E-state index contributed by atoms with van der Waals surface area (Å²) in [6.45, 7) is 2.45. The molecule has 0 fully saturated rings. The number of carbonyl (C=O) groups excluding carboxylic acids is 1. The van der Waals surface area contributed by atoms with Crippen LogP contribution in [0.15, 0.2) is 48.5 Å². The van der Waals surface area contributed by atoms with Crippen LogP contribution in [0.5, 0.6) is 5.75 Å². The first kappa shape index (κ1) is 19.1. The van der Waals surface area contributed by atoms with Crippen molar-refractivity contribution in [3.63, 3.8) is 0 Å². The van der Waals surface area contributed by atoms with Crippen molar-refractivity contribution in [2.24, 2.45) is 0 Å². The average molecular weight is 403 g/mol. The lowest BCUT2D eigenvalue weighted by atomic mass is 10.1. The van der Waals surface area contributed by atoms with Crippen molar-refractivity contribution in [3.05, 3.63) is 64.1 Å². The maximum absolute atomic E-state index is 12.0. The monoisotopic (exact) mass is 402 g/mol. The Morgan fingerprint density at radius 3 is 2.70 bits per heavy atom. The number of halogens is 1. The second-order valence-corrected chi connectivity index (χ2v) is 7.27. The molecule has 0 saturated carbocycles. The summed E-state index contributed by atoms with van der Waals surface area (Å²) in [5.74, 6) is 0.776. The van der Waals surface area contributed by atoms with Crippen LogP contribution < -0.4 is 15.4 Å². The number of amides is 2. The van der Waals surface area contributed by atoms with Gasteiger partial charge in [0.1, 0.15) is 12.4 Å². The van der Waals surface area contributed by atoms with E-state index in [-0.39, 0.29) is 0 Å². The minimum absolute atomic E-state index is 0.294. The fraction of sp³-hybridized carbons (Fsp3) is 0.211. The Morgan fingerprint density at radius 2 is 1.96 bits per heavy atom. The van der Waals surface area contributed by atoms with Crippen molar-refractivity contribution in [1.29, 1.82) is 0 Å². The number of hydrogen-bond acceptors (Lipinski definition) is 5. The predicted molar refractivity (Wildman–Crippen MR) is 109 cm³/mol. The molecular weight excluding hydrogens is 384 g/mol. The van der Waals surface area contributed by atoms with E-state index >= 15 is 0 Å². The number of rotatable bonds is 7. The molecule has 0 bridgehead atoms. The van der Waals surface area contributed by atoms with Crippen LogP contribution in [0.3, 0.4) is 0 Å². The molecule has 0 saturated heterocycles. The van der Waals surface area contributed by atoms with Crippen molar-refractivity contribution in [1.82, 2.24) is 10.2 Å². The van der Waals surface area contributed by atoms with Gasteiger partial charge in [0.25, 0.3) is 0 Å². The minimum Gasteiger partial charge on any atom is -0.486 e. The quantitative estimate of drug-likeness (QED) is 0.557. The van der Waals surface area contributed by atoms with Crippen LogP contribution >= 0.6 is 22.9 Å². The molecule has 27 heavy (non-hydrogen) atoms. The summed E-state index contributed by atoms with van der Waals surface area (Å²) in [5.41, 5.74) is 1.89. The van der Waals surface area contributed by atoms with Gasteiger partial charge in [0.15, 0.2) is 5.01 Å². The maximum atomic E-state index is 12.0. The third-order valence-electron chi connectivity index (χ3n) is 3.59. The highest BCUT2D eigenvalue weighted by Crippen LogP contribution is 2.20. The van der Waals surface area contributed by atoms with Gasteiger partial charge in [0, 0.05) is 10.7 Å². The van der Waals surface area contributed by atoms with Crippen molar-refractivity contribution in [2.45, 2.75) is 26.4 Å². The van der Waals surface area contributed by atoms with Crippen LogP contribution in [0, 0.1) is 0 Å². The smallest absolute Gasteiger partial charge is 0.325 e. The number of ether oxygens (including phenoxy) is 1. The number of nitrogens with zero attached hydrogens (tertiary/aromatic N) is 2. The highest BCUT2D eigenvalue weighted by molar-refractivity contribution is 7.15. The lowest BCUT2D eigenvalue weighted by Crippen LogP contribution is -2.19. The van der Waals surface area contributed by atoms with Gasteiger partial charge in [0.05, 0.1) is 0 Å². The Morgan fingerprint density at radius 1 is 1.15 bits per heavy atom. The van der Waals surface area contributed by atoms with Gasteiger partial charge in [-0.15, -0.1) is 10.2 Å². The fourth-order valence-corrected chi connectivity index (χ4v) is 3.21. The van der Waals surface area contributed by atoms with Gasteiger partial charge in [-0.25, -0.2) is 4.79 Å². The Balaban J connectivity index is 1.49. The van der Waals surface area contributed by atoms with Crippen molar-refractivity contribution in [3.8, 4) is 5.75 Å². The molecule has 0 aliphatic carbocycles. The molecular formula is C19H19ClN4O2S. The number of anilines is 2. The van der Waals surface area contributed by atoms with E-state index in [1.165, 1.54) is 16.9 Å². The number of hydrogen-bond donors (Lipinski definition) is 2. The van der Waals surface area contributed by atoms with E-state index in [1.807, 2.05) is 12.1 Å². The molecule has 0 aliphatic heterocycles. The number of nitrogens with one attached hydrogen (secondary N) is 2. The van der Waals surface area contributed by atoms with Gasteiger partial charge in [-0.2, -0.15) is 0 Å². The molecule has 0 aliphatic rings. The molecule has 1 aromatic heterocycles. The molecule has 3 aromatic rings. The maximum Gasteiger partial charge on any atom is 0.325 e. The molecule has 2 aromatic carbocycles. The van der Waals surface area contributed by atoms with Crippen LogP contribution in [0.25, 0.3) is 0 Å². The topological polar surface area (TPSA) is 76.1 Å². The zero-order valence-corrected chi connectivity index (χ0v) is 16.3. The van der Waals surface area contributed by atoms with Gasteiger partial charge in [-0.05, 0) is 42.3 Å². The summed E-state index contributed by atoms with van der Waals surface area (Å²) >= 11 is 7.16. The van der Waals surface area contributed by atoms with E-state index in [4.69, 9.17) is 16.3 Å². The van der Waals surface area contributed by atoms with E-state index in [9.17, 15) is 4.79 Å². The second kappa shape index (κ2) is 9.34. The first-order chi connectivity index (χ1) is 13.1. The molecule has 8 heteroatoms. The van der Waals surface area contributed by atoms with E-state index in [2.05, 4.69) is 39.9 Å². The van der Waals surface area contributed by atoms with E-state index in [0.29, 0.717) is 27.5 Å². The van der Waals surface area contributed by atoms with E-state index < -0.39 is 6.03 Å². The molecule has 0 atom stereocenters. The van der Waals surface area contributed by atoms with Crippen LogP contribution in [0.4, 0.5) is 15.6 Å². The van der Waals surface area contributed by atoms with Gasteiger partial charge >= 0.3 is 6.03 Å². The summed E-state index contributed by atoms with van der Waals surface area (Å²) in [6.07, 6.45) is 2.18. The van der Waals surface area contributed by atoms with Crippen molar-refractivity contribution < 1.29 is 9.53 Å². The van der Waals surface area contributed by atoms with E-state index in [0.717, 1.165) is 18.6 Å². The average Bonchev–Trinajstić information content (AvgIpc) is 3.08. The molecule has 2 N–H and O–H groups in total. The normalized spacial score (nSPS) is 10.4. The largest absolute Gasteiger partial charge is 0.486 e.